The van der Waals surface area contributed by atoms with Gasteiger partial charge in [-0.1, -0.05) is 19.1 Å². The standard InChI is InChI=1S/C14H22N2O2/c1-10(9-15-3)14(17)16-11(2)12-5-7-13(18-4)8-6-12/h5-8,10-11,15H,9H2,1-4H3,(H,16,17)/t10?,11-/m0/s1. The van der Waals surface area contributed by atoms with Gasteiger partial charge in [0.15, 0.2) is 0 Å². The minimum Gasteiger partial charge on any atom is -0.497 e. The van der Waals surface area contributed by atoms with Crippen LogP contribution in [-0.4, -0.2) is 26.6 Å². The summed E-state index contributed by atoms with van der Waals surface area (Å²) in [7, 11) is 3.48. The van der Waals surface area contributed by atoms with Gasteiger partial charge in [0.05, 0.1) is 13.2 Å². The van der Waals surface area contributed by atoms with Gasteiger partial charge in [0.25, 0.3) is 0 Å². The molecule has 0 aliphatic rings. The summed E-state index contributed by atoms with van der Waals surface area (Å²) >= 11 is 0. The second-order valence-electron chi connectivity index (χ2n) is 4.46. The predicted molar refractivity (Wildman–Crippen MR) is 72.6 cm³/mol. The summed E-state index contributed by atoms with van der Waals surface area (Å²) in [5.41, 5.74) is 1.07. The molecule has 0 bridgehead atoms. The first kappa shape index (κ1) is 14.5. The number of hydrogen-bond donors (Lipinski definition) is 2. The first-order chi connectivity index (χ1) is 8.58. The van der Waals surface area contributed by atoms with E-state index in [0.29, 0.717) is 6.54 Å². The molecule has 0 aromatic heterocycles. The van der Waals surface area contributed by atoms with E-state index < -0.39 is 0 Å². The maximum atomic E-state index is 11.9. The summed E-state index contributed by atoms with van der Waals surface area (Å²) < 4.78 is 5.10. The fourth-order valence-corrected chi connectivity index (χ4v) is 1.73. The van der Waals surface area contributed by atoms with E-state index in [1.165, 1.54) is 0 Å². The molecule has 1 aromatic carbocycles. The van der Waals surface area contributed by atoms with Crippen LogP contribution in [0.3, 0.4) is 0 Å². The lowest BCUT2D eigenvalue weighted by Gasteiger charge is -2.18. The second-order valence-corrected chi connectivity index (χ2v) is 4.46. The van der Waals surface area contributed by atoms with Crippen molar-refractivity contribution in [2.45, 2.75) is 19.9 Å². The van der Waals surface area contributed by atoms with Crippen LogP contribution in [0, 0.1) is 5.92 Å². The molecule has 0 aliphatic carbocycles. The fraction of sp³-hybridized carbons (Fsp3) is 0.500. The monoisotopic (exact) mass is 250 g/mol. The quantitative estimate of drug-likeness (QED) is 0.808. The maximum Gasteiger partial charge on any atom is 0.224 e. The molecule has 1 amide bonds. The largest absolute Gasteiger partial charge is 0.497 e. The van der Waals surface area contributed by atoms with Gasteiger partial charge < -0.3 is 15.4 Å². The van der Waals surface area contributed by atoms with Crippen molar-refractivity contribution >= 4 is 5.91 Å². The number of rotatable bonds is 6. The Bertz CT molecular complexity index is 376. The molecule has 0 fully saturated rings. The Morgan fingerprint density at radius 2 is 1.89 bits per heavy atom. The average molecular weight is 250 g/mol. The van der Waals surface area contributed by atoms with Crippen LogP contribution in [0.15, 0.2) is 24.3 Å². The normalized spacial score (nSPS) is 13.8. The summed E-state index contributed by atoms with van der Waals surface area (Å²) in [6.07, 6.45) is 0. The van der Waals surface area contributed by atoms with Gasteiger partial charge in [0.2, 0.25) is 5.91 Å². The fourth-order valence-electron chi connectivity index (χ4n) is 1.73. The molecular formula is C14H22N2O2. The first-order valence-corrected chi connectivity index (χ1v) is 6.17. The van der Waals surface area contributed by atoms with Crippen LogP contribution in [0.2, 0.25) is 0 Å². The molecule has 4 nitrogen and oxygen atoms in total. The Kier molecular flexibility index (Phi) is 5.65. The number of amides is 1. The zero-order valence-electron chi connectivity index (χ0n) is 11.5. The molecule has 1 unspecified atom stereocenters. The molecular weight excluding hydrogens is 228 g/mol. The Morgan fingerprint density at radius 3 is 2.39 bits per heavy atom. The van der Waals surface area contributed by atoms with Crippen LogP contribution in [0.25, 0.3) is 0 Å². The summed E-state index contributed by atoms with van der Waals surface area (Å²) in [6, 6.07) is 7.73. The van der Waals surface area contributed by atoms with Crippen LogP contribution in [0.4, 0.5) is 0 Å². The Morgan fingerprint density at radius 1 is 1.28 bits per heavy atom. The summed E-state index contributed by atoms with van der Waals surface area (Å²) in [5, 5.41) is 6.00. The minimum atomic E-state index is -0.0318. The van der Waals surface area contributed by atoms with Gasteiger partial charge in [0, 0.05) is 12.5 Å². The van der Waals surface area contributed by atoms with Crippen LogP contribution in [0.5, 0.6) is 5.75 Å². The van der Waals surface area contributed by atoms with Crippen molar-refractivity contribution in [3.8, 4) is 5.75 Å². The van der Waals surface area contributed by atoms with E-state index in [2.05, 4.69) is 10.6 Å². The highest BCUT2D eigenvalue weighted by atomic mass is 16.5. The molecule has 0 spiro atoms. The van der Waals surface area contributed by atoms with Gasteiger partial charge in [-0.15, -0.1) is 0 Å². The number of carbonyl (C=O) groups excluding carboxylic acids is 1. The van der Waals surface area contributed by atoms with Crippen molar-refractivity contribution in [1.29, 1.82) is 0 Å². The molecule has 18 heavy (non-hydrogen) atoms. The smallest absolute Gasteiger partial charge is 0.224 e. The summed E-state index contributed by atoms with van der Waals surface area (Å²) in [6.45, 7) is 4.57. The van der Waals surface area contributed by atoms with Gasteiger partial charge >= 0.3 is 0 Å². The Balaban J connectivity index is 2.58. The highest BCUT2D eigenvalue weighted by Crippen LogP contribution is 2.17. The number of hydrogen-bond acceptors (Lipinski definition) is 3. The van der Waals surface area contributed by atoms with E-state index in [0.717, 1.165) is 11.3 Å². The third kappa shape index (κ3) is 4.04. The SMILES string of the molecule is CNCC(C)C(=O)N[C@@H](C)c1ccc(OC)cc1. The lowest BCUT2D eigenvalue weighted by atomic mass is 10.1. The highest BCUT2D eigenvalue weighted by molar-refractivity contribution is 5.78. The van der Waals surface area contributed by atoms with Crippen molar-refractivity contribution < 1.29 is 9.53 Å². The van der Waals surface area contributed by atoms with Gasteiger partial charge in [-0.05, 0) is 31.7 Å². The zero-order chi connectivity index (χ0) is 13.5. The molecule has 1 aromatic rings. The van der Waals surface area contributed by atoms with E-state index in [9.17, 15) is 4.79 Å². The van der Waals surface area contributed by atoms with Gasteiger partial charge in [0.1, 0.15) is 5.75 Å². The van der Waals surface area contributed by atoms with Gasteiger partial charge in [-0.25, -0.2) is 0 Å². The molecule has 4 heteroatoms. The third-order valence-electron chi connectivity index (χ3n) is 2.93. The van der Waals surface area contributed by atoms with Crippen LogP contribution in [0.1, 0.15) is 25.5 Å². The van der Waals surface area contributed by atoms with Crippen LogP contribution >= 0.6 is 0 Å². The Labute approximate surface area is 109 Å². The number of ether oxygens (including phenoxy) is 1. The number of benzene rings is 1. The van der Waals surface area contributed by atoms with Crippen LogP contribution in [-0.2, 0) is 4.79 Å². The van der Waals surface area contributed by atoms with Crippen molar-refractivity contribution in [3.63, 3.8) is 0 Å². The predicted octanol–water partition coefficient (Wildman–Crippen LogP) is 1.73. The second kappa shape index (κ2) is 7.01. The van der Waals surface area contributed by atoms with Crippen molar-refractivity contribution in [1.82, 2.24) is 10.6 Å². The number of carbonyl (C=O) groups is 1. The molecule has 2 N–H and O–H groups in total. The summed E-state index contributed by atoms with van der Waals surface area (Å²) in [4.78, 5) is 11.9. The highest BCUT2D eigenvalue weighted by Gasteiger charge is 2.15. The number of methoxy groups -OCH3 is 1. The molecule has 0 saturated heterocycles. The van der Waals surface area contributed by atoms with Gasteiger partial charge in [-0.2, -0.15) is 0 Å². The lowest BCUT2D eigenvalue weighted by Crippen LogP contribution is -2.35. The first-order valence-electron chi connectivity index (χ1n) is 6.17. The van der Waals surface area contributed by atoms with E-state index in [-0.39, 0.29) is 17.9 Å². The molecule has 100 valence electrons. The molecule has 0 heterocycles. The molecule has 1 rings (SSSR count). The average Bonchev–Trinajstić information content (AvgIpc) is 2.39. The maximum absolute atomic E-state index is 11.9. The van der Waals surface area contributed by atoms with E-state index >= 15 is 0 Å². The Hall–Kier alpha value is -1.55. The molecule has 2 atom stereocenters. The van der Waals surface area contributed by atoms with Crippen molar-refractivity contribution in [3.05, 3.63) is 29.8 Å². The lowest BCUT2D eigenvalue weighted by molar-refractivity contribution is -0.125. The van der Waals surface area contributed by atoms with E-state index in [1.807, 2.05) is 45.2 Å². The minimum absolute atomic E-state index is 0.00251. The zero-order valence-corrected chi connectivity index (χ0v) is 11.5. The molecule has 0 aliphatic heterocycles. The van der Waals surface area contributed by atoms with E-state index in [1.54, 1.807) is 7.11 Å². The van der Waals surface area contributed by atoms with E-state index in [4.69, 9.17) is 4.74 Å². The van der Waals surface area contributed by atoms with Crippen molar-refractivity contribution in [2.75, 3.05) is 20.7 Å². The topological polar surface area (TPSA) is 50.4 Å². The molecule has 0 saturated carbocycles. The third-order valence-corrected chi connectivity index (χ3v) is 2.93. The van der Waals surface area contributed by atoms with Gasteiger partial charge in [-0.3, -0.25) is 4.79 Å². The van der Waals surface area contributed by atoms with Crippen molar-refractivity contribution in [2.24, 2.45) is 5.92 Å². The number of nitrogens with one attached hydrogen (secondary N) is 2. The summed E-state index contributed by atoms with van der Waals surface area (Å²) in [5.74, 6) is 0.851. The molecule has 0 radical (unpaired) electrons. The van der Waals surface area contributed by atoms with Crippen LogP contribution < -0.4 is 15.4 Å².